The van der Waals surface area contributed by atoms with Crippen molar-refractivity contribution >= 4 is 37.6 Å². The van der Waals surface area contributed by atoms with Crippen molar-refractivity contribution in [1.29, 1.82) is 0 Å². The number of rotatable bonds is 8. The molecule has 0 atom stereocenters. The van der Waals surface area contributed by atoms with Crippen molar-refractivity contribution in [2.45, 2.75) is 19.4 Å². The maximum absolute atomic E-state index is 12.1. The van der Waals surface area contributed by atoms with Crippen LogP contribution in [0.5, 0.6) is 0 Å². The summed E-state index contributed by atoms with van der Waals surface area (Å²) in [4.78, 5) is 26.4. The molecular formula is C16H23BrN2O4S. The molecule has 6 nitrogen and oxygen atoms in total. The minimum atomic E-state index is -3.52. The molecule has 0 spiro atoms. The Morgan fingerprint density at radius 2 is 1.71 bits per heavy atom. The van der Waals surface area contributed by atoms with E-state index in [1.807, 2.05) is 24.3 Å². The van der Waals surface area contributed by atoms with Crippen LogP contribution >= 0.6 is 15.9 Å². The standard InChI is InChI=1S/C16H23BrN2O4S/c1-18(2)15(20)9-6-10-24(22,23)12-16(21)19(3)11-13-7-4-5-8-14(13)17/h4-5,7-8H,6,9-12H2,1-3H3. The molecule has 134 valence electrons. The number of halogens is 1. The predicted octanol–water partition coefficient (Wildman–Crippen LogP) is 1.69. The van der Waals surface area contributed by atoms with E-state index >= 15 is 0 Å². The minimum absolute atomic E-state index is 0.123. The SMILES string of the molecule is CN(C)C(=O)CCCS(=O)(=O)CC(=O)N(C)Cc1ccccc1Br. The van der Waals surface area contributed by atoms with Crippen LogP contribution < -0.4 is 0 Å². The molecule has 0 N–H and O–H groups in total. The number of carbonyl (C=O) groups excluding carboxylic acids is 2. The van der Waals surface area contributed by atoms with Crippen molar-refractivity contribution in [3.63, 3.8) is 0 Å². The van der Waals surface area contributed by atoms with E-state index in [2.05, 4.69) is 15.9 Å². The molecule has 0 heterocycles. The Labute approximate surface area is 151 Å². The number of carbonyl (C=O) groups is 2. The quantitative estimate of drug-likeness (QED) is 0.643. The molecule has 0 aliphatic rings. The van der Waals surface area contributed by atoms with Gasteiger partial charge < -0.3 is 9.80 Å². The third-order valence-corrected chi connectivity index (χ3v) is 5.85. The molecule has 0 aliphatic carbocycles. The molecule has 1 rings (SSSR count). The van der Waals surface area contributed by atoms with Crippen molar-refractivity contribution in [1.82, 2.24) is 9.80 Å². The Bertz CT molecular complexity index is 689. The second-order valence-corrected chi connectivity index (χ2v) is 8.86. The fraction of sp³-hybridized carbons (Fsp3) is 0.500. The van der Waals surface area contributed by atoms with Gasteiger partial charge in [-0.05, 0) is 18.1 Å². The lowest BCUT2D eigenvalue weighted by molar-refractivity contribution is -0.129. The molecule has 0 bridgehead atoms. The van der Waals surface area contributed by atoms with E-state index < -0.39 is 21.5 Å². The largest absolute Gasteiger partial charge is 0.349 e. The van der Waals surface area contributed by atoms with Crippen molar-refractivity contribution in [2.24, 2.45) is 0 Å². The third kappa shape index (κ3) is 7.00. The summed E-state index contributed by atoms with van der Waals surface area (Å²) < 4.78 is 24.9. The van der Waals surface area contributed by atoms with Gasteiger partial charge in [-0.2, -0.15) is 0 Å². The highest BCUT2D eigenvalue weighted by molar-refractivity contribution is 9.10. The first-order valence-corrected chi connectivity index (χ1v) is 10.1. The van der Waals surface area contributed by atoms with Gasteiger partial charge in [-0.3, -0.25) is 9.59 Å². The van der Waals surface area contributed by atoms with Gasteiger partial charge in [0.25, 0.3) is 0 Å². The van der Waals surface area contributed by atoms with Gasteiger partial charge in [0.1, 0.15) is 5.75 Å². The minimum Gasteiger partial charge on any atom is -0.349 e. The Hall–Kier alpha value is -1.41. The molecule has 0 unspecified atom stereocenters. The molecule has 2 amide bonds. The van der Waals surface area contributed by atoms with Crippen LogP contribution in [0.3, 0.4) is 0 Å². The van der Waals surface area contributed by atoms with Crippen molar-refractivity contribution in [3.05, 3.63) is 34.3 Å². The average Bonchev–Trinajstić information content (AvgIpc) is 2.48. The number of hydrogen-bond donors (Lipinski definition) is 0. The van der Waals surface area contributed by atoms with Gasteiger partial charge in [0.15, 0.2) is 9.84 Å². The molecule has 24 heavy (non-hydrogen) atoms. The first-order chi connectivity index (χ1) is 11.1. The molecule has 1 aromatic carbocycles. The lowest BCUT2D eigenvalue weighted by atomic mass is 10.2. The van der Waals surface area contributed by atoms with Gasteiger partial charge in [-0.25, -0.2) is 8.42 Å². The molecular weight excluding hydrogens is 396 g/mol. The number of amides is 2. The van der Waals surface area contributed by atoms with Crippen LogP contribution in [0.25, 0.3) is 0 Å². The van der Waals surface area contributed by atoms with E-state index in [0.717, 1.165) is 10.0 Å². The number of hydrogen-bond acceptors (Lipinski definition) is 4. The van der Waals surface area contributed by atoms with Crippen LogP contribution in [0.2, 0.25) is 0 Å². The second-order valence-electron chi connectivity index (χ2n) is 5.82. The summed E-state index contributed by atoms with van der Waals surface area (Å²) in [6, 6.07) is 7.47. The van der Waals surface area contributed by atoms with Crippen molar-refractivity contribution in [3.8, 4) is 0 Å². The molecule has 0 saturated carbocycles. The normalized spacial score (nSPS) is 11.2. The number of sulfone groups is 1. The fourth-order valence-electron chi connectivity index (χ4n) is 2.01. The van der Waals surface area contributed by atoms with Gasteiger partial charge in [-0.1, -0.05) is 34.1 Å². The summed E-state index contributed by atoms with van der Waals surface area (Å²) in [5, 5.41) is 0. The first-order valence-electron chi connectivity index (χ1n) is 7.50. The molecule has 0 radical (unpaired) electrons. The number of nitrogens with zero attached hydrogens (tertiary/aromatic N) is 2. The first kappa shape index (κ1) is 20.6. The van der Waals surface area contributed by atoms with Crippen LogP contribution in [0.15, 0.2) is 28.7 Å². The highest BCUT2D eigenvalue weighted by Crippen LogP contribution is 2.17. The molecule has 1 aromatic rings. The van der Waals surface area contributed by atoms with Gasteiger partial charge >= 0.3 is 0 Å². The zero-order chi connectivity index (χ0) is 18.3. The van der Waals surface area contributed by atoms with Gasteiger partial charge in [0.2, 0.25) is 11.8 Å². The van der Waals surface area contributed by atoms with Crippen LogP contribution in [0.1, 0.15) is 18.4 Å². The highest BCUT2D eigenvalue weighted by atomic mass is 79.9. The maximum Gasteiger partial charge on any atom is 0.237 e. The molecule has 8 heteroatoms. The highest BCUT2D eigenvalue weighted by Gasteiger charge is 2.20. The topological polar surface area (TPSA) is 74.8 Å². The Kier molecular flexibility index (Phi) is 7.89. The van der Waals surface area contributed by atoms with E-state index in [9.17, 15) is 18.0 Å². The Morgan fingerprint density at radius 1 is 1.08 bits per heavy atom. The van der Waals surface area contributed by atoms with Gasteiger partial charge in [0.05, 0.1) is 5.75 Å². The summed E-state index contributed by atoms with van der Waals surface area (Å²) in [6.45, 7) is 0.328. The van der Waals surface area contributed by atoms with E-state index in [1.165, 1.54) is 9.80 Å². The Morgan fingerprint density at radius 3 is 2.29 bits per heavy atom. The van der Waals surface area contributed by atoms with Crippen LogP contribution in [-0.4, -0.2) is 62.7 Å². The monoisotopic (exact) mass is 418 g/mol. The van der Waals surface area contributed by atoms with Crippen LogP contribution in [0, 0.1) is 0 Å². The lowest BCUT2D eigenvalue weighted by Crippen LogP contribution is -2.33. The van der Waals surface area contributed by atoms with E-state index in [4.69, 9.17) is 0 Å². The zero-order valence-electron chi connectivity index (χ0n) is 14.2. The summed E-state index contributed by atoms with van der Waals surface area (Å²) in [7, 11) is 1.30. The third-order valence-electron chi connectivity index (χ3n) is 3.48. The van der Waals surface area contributed by atoms with Gasteiger partial charge in [-0.15, -0.1) is 0 Å². The molecule has 0 aliphatic heterocycles. The molecule has 0 aromatic heterocycles. The molecule has 0 fully saturated rings. The Balaban J connectivity index is 2.53. The lowest BCUT2D eigenvalue weighted by Gasteiger charge is -2.18. The maximum atomic E-state index is 12.1. The summed E-state index contributed by atoms with van der Waals surface area (Å²) >= 11 is 3.40. The van der Waals surface area contributed by atoms with E-state index in [0.29, 0.717) is 6.54 Å². The predicted molar refractivity (Wildman–Crippen MR) is 97.2 cm³/mol. The number of benzene rings is 1. The fourth-order valence-corrected chi connectivity index (χ4v) is 3.74. The van der Waals surface area contributed by atoms with Crippen molar-refractivity contribution < 1.29 is 18.0 Å². The average molecular weight is 419 g/mol. The molecule has 0 saturated heterocycles. The second kappa shape index (κ2) is 9.17. The van der Waals surface area contributed by atoms with Crippen molar-refractivity contribution in [2.75, 3.05) is 32.6 Å². The smallest absolute Gasteiger partial charge is 0.237 e. The van der Waals surface area contributed by atoms with E-state index in [1.54, 1.807) is 21.1 Å². The van der Waals surface area contributed by atoms with Crippen LogP contribution in [-0.2, 0) is 26.0 Å². The van der Waals surface area contributed by atoms with E-state index in [-0.39, 0.29) is 24.5 Å². The zero-order valence-corrected chi connectivity index (χ0v) is 16.6. The summed E-state index contributed by atoms with van der Waals surface area (Å²) in [5.41, 5.74) is 0.905. The van der Waals surface area contributed by atoms with Crippen LogP contribution in [0.4, 0.5) is 0 Å². The summed E-state index contributed by atoms with van der Waals surface area (Å²) in [6.07, 6.45) is 0.383. The summed E-state index contributed by atoms with van der Waals surface area (Å²) in [5.74, 6) is -1.28. The van der Waals surface area contributed by atoms with Gasteiger partial charge in [0, 0.05) is 38.6 Å².